The van der Waals surface area contributed by atoms with Crippen molar-refractivity contribution in [2.45, 2.75) is 38.5 Å². The van der Waals surface area contributed by atoms with E-state index in [1.54, 1.807) is 18.1 Å². The van der Waals surface area contributed by atoms with Gasteiger partial charge in [-0.3, -0.25) is 9.59 Å². The number of rotatable bonds is 7. The average molecular weight is 527 g/mol. The molecule has 0 spiro atoms. The molecule has 3 heterocycles. The Morgan fingerprint density at radius 1 is 1.24 bits per heavy atom. The van der Waals surface area contributed by atoms with E-state index in [1.807, 2.05) is 0 Å². The maximum Gasteiger partial charge on any atom is 0.423 e. The van der Waals surface area contributed by atoms with Gasteiger partial charge in [0.15, 0.2) is 0 Å². The van der Waals surface area contributed by atoms with Gasteiger partial charge in [-0.05, 0) is 49.4 Å². The first-order valence-electron chi connectivity index (χ1n) is 11.4. The third-order valence-corrected chi connectivity index (χ3v) is 5.91. The summed E-state index contributed by atoms with van der Waals surface area (Å²) in [5.41, 5.74) is 2.37. The van der Waals surface area contributed by atoms with E-state index in [0.29, 0.717) is 18.2 Å². The number of hydrogen-bond acceptors (Lipinski definition) is 6. The van der Waals surface area contributed by atoms with Gasteiger partial charge in [-0.2, -0.15) is 18.3 Å². The number of nitrogens with zero attached hydrogens (tertiary/aromatic N) is 4. The summed E-state index contributed by atoms with van der Waals surface area (Å²) in [5, 5.41) is 8.43. The number of aromatic nitrogens is 4. The highest BCUT2D eigenvalue weighted by Gasteiger charge is 2.37. The molecule has 13 heteroatoms. The minimum atomic E-state index is -4.85. The number of pyridine rings is 2. The van der Waals surface area contributed by atoms with Crippen molar-refractivity contribution >= 4 is 28.0 Å². The molecule has 4 N–H and O–H groups in total. The van der Waals surface area contributed by atoms with Crippen molar-refractivity contribution in [3.63, 3.8) is 0 Å². The van der Waals surface area contributed by atoms with Gasteiger partial charge < -0.3 is 15.6 Å². The molecule has 196 valence electrons. The lowest BCUT2D eigenvalue weighted by molar-refractivity contribution is -0.138. The first kappa shape index (κ1) is 26.3. The van der Waals surface area contributed by atoms with Gasteiger partial charge in [-0.15, -0.1) is 0 Å². The van der Waals surface area contributed by atoms with E-state index in [-0.39, 0.29) is 34.7 Å². The van der Waals surface area contributed by atoms with Gasteiger partial charge in [0.05, 0.1) is 29.5 Å². The average Bonchev–Trinajstić information content (AvgIpc) is 2.84. The van der Waals surface area contributed by atoms with Gasteiger partial charge in [0.25, 0.3) is 11.1 Å². The molecule has 0 saturated heterocycles. The minimum absolute atomic E-state index is 0.0420. The SMILES string of the molecule is [C-]#[N+]c1ccc(N)nc1-c1cc2ccn(CCC[C@H](C)Nc3cn[nH]c(=O)c3C(F)(F)F)c(=O)c2cc1F. The summed E-state index contributed by atoms with van der Waals surface area (Å²) < 4.78 is 56.1. The van der Waals surface area contributed by atoms with Crippen molar-refractivity contribution in [3.8, 4) is 11.3 Å². The van der Waals surface area contributed by atoms with Crippen molar-refractivity contribution < 1.29 is 17.6 Å². The molecule has 0 aliphatic carbocycles. The Morgan fingerprint density at radius 3 is 2.71 bits per heavy atom. The van der Waals surface area contributed by atoms with Crippen molar-refractivity contribution in [3.05, 3.63) is 86.2 Å². The van der Waals surface area contributed by atoms with Crippen molar-refractivity contribution in [2.75, 3.05) is 11.1 Å². The number of aromatic amines is 1. The van der Waals surface area contributed by atoms with Crippen LogP contribution in [0.3, 0.4) is 0 Å². The van der Waals surface area contributed by atoms with E-state index >= 15 is 4.39 Å². The predicted molar refractivity (Wildman–Crippen MR) is 134 cm³/mol. The van der Waals surface area contributed by atoms with Crippen LogP contribution in [0.15, 0.2) is 52.3 Å². The van der Waals surface area contributed by atoms with Crippen LogP contribution in [0.4, 0.5) is 34.8 Å². The number of alkyl halides is 3. The van der Waals surface area contributed by atoms with Crippen LogP contribution in [0.2, 0.25) is 0 Å². The Hall–Kier alpha value is -4.73. The van der Waals surface area contributed by atoms with Gasteiger partial charge in [-0.25, -0.2) is 19.3 Å². The molecule has 0 aliphatic heterocycles. The summed E-state index contributed by atoms with van der Waals surface area (Å²) in [6.07, 6.45) is -1.65. The van der Waals surface area contributed by atoms with Gasteiger partial charge in [0.1, 0.15) is 17.2 Å². The lowest BCUT2D eigenvalue weighted by Crippen LogP contribution is -2.27. The number of nitrogens with two attached hydrogens (primary N) is 1. The summed E-state index contributed by atoms with van der Waals surface area (Å²) in [6.45, 7) is 9.17. The summed E-state index contributed by atoms with van der Waals surface area (Å²) in [5.74, 6) is -0.615. The second kappa shape index (κ2) is 10.3. The highest BCUT2D eigenvalue weighted by atomic mass is 19.4. The van der Waals surface area contributed by atoms with Crippen LogP contribution in [-0.2, 0) is 12.7 Å². The number of benzene rings is 1. The summed E-state index contributed by atoms with van der Waals surface area (Å²) in [6, 6.07) is 6.56. The van der Waals surface area contributed by atoms with Crippen LogP contribution < -0.4 is 22.2 Å². The molecule has 38 heavy (non-hydrogen) atoms. The zero-order valence-corrected chi connectivity index (χ0v) is 19.9. The standard InChI is InChI=1S/C25H21F4N7O2/c1-13(33-19-12-32-35-23(37)21(19)25(27,28)29)4-3-8-36-9-7-14-10-16(17(26)11-15(14)24(36)38)22-18(31-2)5-6-20(30)34-22/h5-7,9-13H,3-4,8H2,1H3,(H2,30,34)(H2,33,35,37)/t13-/m0/s1. The number of nitrogens with one attached hydrogen (secondary N) is 2. The minimum Gasteiger partial charge on any atom is -0.384 e. The summed E-state index contributed by atoms with van der Waals surface area (Å²) in [7, 11) is 0. The van der Waals surface area contributed by atoms with E-state index in [9.17, 15) is 22.8 Å². The van der Waals surface area contributed by atoms with Gasteiger partial charge in [0, 0.05) is 24.3 Å². The normalized spacial score (nSPS) is 12.3. The Labute approximate surface area is 212 Å². The molecule has 0 unspecified atom stereocenters. The highest BCUT2D eigenvalue weighted by Crippen LogP contribution is 2.33. The molecule has 0 aliphatic rings. The number of halogens is 4. The van der Waals surface area contributed by atoms with Crippen molar-refractivity contribution in [2.24, 2.45) is 0 Å². The highest BCUT2D eigenvalue weighted by molar-refractivity contribution is 5.89. The molecule has 3 aromatic heterocycles. The van der Waals surface area contributed by atoms with Crippen molar-refractivity contribution in [1.82, 2.24) is 19.7 Å². The molecular weight excluding hydrogens is 506 g/mol. The number of anilines is 2. The number of fused-ring (bicyclic) bond motifs is 1. The smallest absolute Gasteiger partial charge is 0.384 e. The monoisotopic (exact) mass is 527 g/mol. The quantitative estimate of drug-likeness (QED) is 0.236. The maximum atomic E-state index is 15.0. The second-order valence-corrected chi connectivity index (χ2v) is 8.62. The summed E-state index contributed by atoms with van der Waals surface area (Å²) in [4.78, 5) is 32.0. The number of aryl methyl sites for hydroxylation is 1. The molecule has 1 aromatic carbocycles. The molecule has 0 bridgehead atoms. The van der Waals surface area contributed by atoms with Crippen LogP contribution in [0.1, 0.15) is 25.3 Å². The van der Waals surface area contributed by atoms with Crippen LogP contribution >= 0.6 is 0 Å². The third kappa shape index (κ3) is 5.34. The fourth-order valence-corrected chi connectivity index (χ4v) is 4.11. The van der Waals surface area contributed by atoms with Crippen LogP contribution in [0, 0.1) is 12.4 Å². The Kier molecular flexibility index (Phi) is 7.16. The van der Waals surface area contributed by atoms with E-state index in [4.69, 9.17) is 12.3 Å². The third-order valence-electron chi connectivity index (χ3n) is 5.91. The number of nitrogen functional groups attached to an aromatic ring is 1. The lowest BCUT2D eigenvalue weighted by atomic mass is 10.0. The summed E-state index contributed by atoms with van der Waals surface area (Å²) >= 11 is 0. The van der Waals surface area contributed by atoms with E-state index < -0.39 is 40.4 Å². The van der Waals surface area contributed by atoms with Crippen LogP contribution in [-0.4, -0.2) is 25.8 Å². The Balaban J connectivity index is 1.51. The maximum absolute atomic E-state index is 15.0. The molecule has 0 fully saturated rings. The molecular formula is C25H21F4N7O2. The Morgan fingerprint density at radius 2 is 2.00 bits per heavy atom. The first-order chi connectivity index (χ1) is 18.0. The van der Waals surface area contributed by atoms with E-state index in [2.05, 4.69) is 20.2 Å². The molecule has 4 aromatic rings. The largest absolute Gasteiger partial charge is 0.423 e. The molecule has 9 nitrogen and oxygen atoms in total. The first-order valence-corrected chi connectivity index (χ1v) is 11.4. The molecule has 0 amide bonds. The molecule has 0 radical (unpaired) electrons. The molecule has 1 atom stereocenters. The zero-order valence-electron chi connectivity index (χ0n) is 19.9. The lowest BCUT2D eigenvalue weighted by Gasteiger charge is -2.18. The van der Waals surface area contributed by atoms with Crippen LogP contribution in [0.5, 0.6) is 0 Å². The Bertz CT molecular complexity index is 1670. The fourth-order valence-electron chi connectivity index (χ4n) is 4.11. The fraction of sp³-hybridized carbons (Fsp3) is 0.240. The number of hydrogen-bond donors (Lipinski definition) is 3. The van der Waals surface area contributed by atoms with E-state index in [0.717, 1.165) is 12.3 Å². The molecule has 4 rings (SSSR count). The van der Waals surface area contributed by atoms with Crippen LogP contribution in [0.25, 0.3) is 26.9 Å². The van der Waals surface area contributed by atoms with Gasteiger partial charge in [-0.1, -0.05) is 6.07 Å². The number of H-pyrrole nitrogens is 1. The zero-order chi connectivity index (χ0) is 27.6. The van der Waals surface area contributed by atoms with Gasteiger partial charge in [0.2, 0.25) is 5.69 Å². The topological polar surface area (TPSA) is 123 Å². The van der Waals surface area contributed by atoms with Crippen molar-refractivity contribution in [1.29, 1.82) is 0 Å². The van der Waals surface area contributed by atoms with E-state index in [1.165, 1.54) is 29.0 Å². The van der Waals surface area contributed by atoms with Gasteiger partial charge >= 0.3 is 6.18 Å². The molecule has 0 saturated carbocycles. The predicted octanol–water partition coefficient (Wildman–Crippen LogP) is 4.72. The second-order valence-electron chi connectivity index (χ2n) is 8.62.